The summed E-state index contributed by atoms with van der Waals surface area (Å²) < 4.78 is 1.79. The zero-order chi connectivity index (χ0) is 18.0. The predicted molar refractivity (Wildman–Crippen MR) is 98.1 cm³/mol. The van der Waals surface area contributed by atoms with Crippen LogP contribution in [0.3, 0.4) is 0 Å². The molecule has 0 atom stereocenters. The number of benzene rings is 1. The molecule has 0 unspecified atom stereocenters. The van der Waals surface area contributed by atoms with E-state index in [4.69, 9.17) is 23.2 Å². The SMILES string of the molecule is CC(C)(NC(=O)c1cn(C2CCNCC2)nn1)c1ccc(Cl)c(Cl)c1. The molecule has 1 aromatic carbocycles. The Balaban J connectivity index is 1.72. The lowest BCUT2D eigenvalue weighted by molar-refractivity contribution is 0.0906. The third-order valence-corrected chi connectivity index (χ3v) is 5.23. The Morgan fingerprint density at radius 2 is 2.00 bits per heavy atom. The van der Waals surface area contributed by atoms with Crippen LogP contribution >= 0.6 is 23.2 Å². The van der Waals surface area contributed by atoms with E-state index in [1.54, 1.807) is 23.0 Å². The molecular formula is C17H21Cl2N5O. The second kappa shape index (κ2) is 7.32. The first kappa shape index (κ1) is 18.2. The molecule has 2 N–H and O–H groups in total. The maximum absolute atomic E-state index is 12.6. The number of piperidine rings is 1. The van der Waals surface area contributed by atoms with Gasteiger partial charge in [-0.25, -0.2) is 4.68 Å². The first-order valence-corrected chi connectivity index (χ1v) is 9.03. The number of rotatable bonds is 4. The van der Waals surface area contributed by atoms with E-state index in [-0.39, 0.29) is 5.91 Å². The van der Waals surface area contributed by atoms with Crippen molar-refractivity contribution in [3.8, 4) is 0 Å². The second-order valence-corrected chi connectivity index (χ2v) is 7.59. The van der Waals surface area contributed by atoms with Crippen molar-refractivity contribution in [3.05, 3.63) is 45.7 Å². The van der Waals surface area contributed by atoms with Crippen molar-refractivity contribution in [2.75, 3.05) is 13.1 Å². The van der Waals surface area contributed by atoms with Gasteiger partial charge in [-0.15, -0.1) is 5.10 Å². The number of halogens is 2. The number of hydrogen-bond acceptors (Lipinski definition) is 4. The highest BCUT2D eigenvalue weighted by Gasteiger charge is 2.26. The number of nitrogens with zero attached hydrogens (tertiary/aromatic N) is 3. The molecule has 6 nitrogen and oxygen atoms in total. The Morgan fingerprint density at radius 1 is 1.28 bits per heavy atom. The molecule has 25 heavy (non-hydrogen) atoms. The molecule has 0 bridgehead atoms. The first-order chi connectivity index (χ1) is 11.9. The maximum Gasteiger partial charge on any atom is 0.274 e. The molecule has 1 aliphatic heterocycles. The highest BCUT2D eigenvalue weighted by Crippen LogP contribution is 2.28. The van der Waals surface area contributed by atoms with E-state index < -0.39 is 5.54 Å². The van der Waals surface area contributed by atoms with Gasteiger partial charge in [-0.3, -0.25) is 4.79 Å². The number of aromatic nitrogens is 3. The molecule has 0 radical (unpaired) electrons. The van der Waals surface area contributed by atoms with Gasteiger partial charge in [0.25, 0.3) is 5.91 Å². The lowest BCUT2D eigenvalue weighted by Crippen LogP contribution is -2.41. The van der Waals surface area contributed by atoms with Crippen molar-refractivity contribution in [2.45, 2.75) is 38.3 Å². The molecule has 134 valence electrons. The molecule has 3 rings (SSSR count). The zero-order valence-corrected chi connectivity index (χ0v) is 15.7. The molecule has 1 fully saturated rings. The van der Waals surface area contributed by atoms with Crippen LogP contribution in [0.1, 0.15) is 48.8 Å². The molecule has 1 amide bonds. The summed E-state index contributed by atoms with van der Waals surface area (Å²) in [6, 6.07) is 5.62. The molecule has 8 heteroatoms. The predicted octanol–water partition coefficient (Wildman–Crippen LogP) is 3.17. The number of nitrogens with one attached hydrogen (secondary N) is 2. The minimum Gasteiger partial charge on any atom is -0.342 e. The molecule has 1 aromatic heterocycles. The van der Waals surface area contributed by atoms with Crippen LogP contribution in [0.15, 0.2) is 24.4 Å². The fourth-order valence-corrected chi connectivity index (χ4v) is 3.23. The van der Waals surface area contributed by atoms with E-state index in [1.165, 1.54) is 0 Å². The van der Waals surface area contributed by atoms with Gasteiger partial charge >= 0.3 is 0 Å². The summed E-state index contributed by atoms with van der Waals surface area (Å²) in [4.78, 5) is 12.6. The van der Waals surface area contributed by atoms with Crippen molar-refractivity contribution >= 4 is 29.1 Å². The second-order valence-electron chi connectivity index (χ2n) is 6.77. The van der Waals surface area contributed by atoms with Gasteiger partial charge in [-0.05, 0) is 57.5 Å². The van der Waals surface area contributed by atoms with E-state index >= 15 is 0 Å². The normalized spacial score (nSPS) is 16.0. The Hall–Kier alpha value is -1.63. The van der Waals surface area contributed by atoms with Gasteiger partial charge in [0.1, 0.15) is 0 Å². The van der Waals surface area contributed by atoms with E-state index in [0.29, 0.717) is 21.8 Å². The molecule has 0 spiro atoms. The van der Waals surface area contributed by atoms with Crippen molar-refractivity contribution in [3.63, 3.8) is 0 Å². The lowest BCUT2D eigenvalue weighted by atomic mass is 9.94. The van der Waals surface area contributed by atoms with Gasteiger partial charge in [0, 0.05) is 0 Å². The molecule has 1 saturated heterocycles. The van der Waals surface area contributed by atoms with Crippen LogP contribution in [0.4, 0.5) is 0 Å². The fourth-order valence-electron chi connectivity index (χ4n) is 2.94. The average molecular weight is 382 g/mol. The largest absolute Gasteiger partial charge is 0.342 e. The molecule has 2 aromatic rings. The van der Waals surface area contributed by atoms with Gasteiger partial charge in [0.15, 0.2) is 5.69 Å². The van der Waals surface area contributed by atoms with E-state index in [0.717, 1.165) is 31.5 Å². The van der Waals surface area contributed by atoms with E-state index in [1.807, 2.05) is 19.9 Å². The van der Waals surface area contributed by atoms with E-state index in [2.05, 4.69) is 20.9 Å². The topological polar surface area (TPSA) is 71.8 Å². The summed E-state index contributed by atoms with van der Waals surface area (Å²) in [7, 11) is 0. The number of carbonyl (C=O) groups is 1. The Morgan fingerprint density at radius 3 is 2.68 bits per heavy atom. The van der Waals surface area contributed by atoms with E-state index in [9.17, 15) is 4.79 Å². The minimum atomic E-state index is -0.621. The molecule has 2 heterocycles. The van der Waals surface area contributed by atoms with Crippen molar-refractivity contribution in [2.24, 2.45) is 0 Å². The zero-order valence-electron chi connectivity index (χ0n) is 14.2. The summed E-state index contributed by atoms with van der Waals surface area (Å²) in [6.07, 6.45) is 3.69. The number of amides is 1. The number of carbonyl (C=O) groups excluding carboxylic acids is 1. The monoisotopic (exact) mass is 381 g/mol. The quantitative estimate of drug-likeness (QED) is 0.852. The Bertz CT molecular complexity index is 768. The highest BCUT2D eigenvalue weighted by molar-refractivity contribution is 6.42. The van der Waals surface area contributed by atoms with Gasteiger partial charge in [-0.2, -0.15) is 0 Å². The maximum atomic E-state index is 12.6. The van der Waals surface area contributed by atoms with Gasteiger partial charge in [0.05, 0.1) is 27.8 Å². The molecule has 1 aliphatic rings. The summed E-state index contributed by atoms with van der Waals surface area (Å²) in [6.45, 7) is 5.72. The summed E-state index contributed by atoms with van der Waals surface area (Å²) in [5.74, 6) is -0.267. The Kier molecular flexibility index (Phi) is 5.32. The standard InChI is InChI=1S/C17H21Cl2N5O/c1-17(2,11-3-4-13(18)14(19)9-11)21-16(25)15-10-24(23-22-15)12-5-7-20-8-6-12/h3-4,9-10,12,20H,5-8H2,1-2H3,(H,21,25). The third-order valence-electron chi connectivity index (χ3n) is 4.49. The summed E-state index contributed by atoms with van der Waals surface area (Å²) in [5, 5.41) is 15.4. The van der Waals surface area contributed by atoms with Crippen molar-refractivity contribution < 1.29 is 4.79 Å². The average Bonchev–Trinajstić information content (AvgIpc) is 3.08. The van der Waals surface area contributed by atoms with Gasteiger partial charge in [0.2, 0.25) is 0 Å². The van der Waals surface area contributed by atoms with Crippen LogP contribution in [0, 0.1) is 0 Å². The van der Waals surface area contributed by atoms with Crippen molar-refractivity contribution in [1.29, 1.82) is 0 Å². The van der Waals surface area contributed by atoms with Crippen LogP contribution in [-0.4, -0.2) is 34.0 Å². The third kappa shape index (κ3) is 4.14. The molecule has 0 saturated carbocycles. The van der Waals surface area contributed by atoms with Crippen LogP contribution < -0.4 is 10.6 Å². The van der Waals surface area contributed by atoms with Crippen LogP contribution in [0.2, 0.25) is 10.0 Å². The fraction of sp³-hybridized carbons (Fsp3) is 0.471. The first-order valence-electron chi connectivity index (χ1n) is 8.27. The van der Waals surface area contributed by atoms with Gasteiger partial charge < -0.3 is 10.6 Å². The summed E-state index contributed by atoms with van der Waals surface area (Å²) >= 11 is 12.1. The number of hydrogen-bond donors (Lipinski definition) is 2. The molecular weight excluding hydrogens is 361 g/mol. The minimum absolute atomic E-state index is 0.267. The van der Waals surface area contributed by atoms with Crippen molar-refractivity contribution in [1.82, 2.24) is 25.6 Å². The van der Waals surface area contributed by atoms with Crippen LogP contribution in [0.5, 0.6) is 0 Å². The Labute approximate surface area is 156 Å². The lowest BCUT2D eigenvalue weighted by Gasteiger charge is -2.26. The van der Waals surface area contributed by atoms with Crippen LogP contribution in [-0.2, 0) is 5.54 Å². The molecule has 0 aliphatic carbocycles. The summed E-state index contributed by atoms with van der Waals surface area (Å²) in [5.41, 5.74) is 0.553. The highest BCUT2D eigenvalue weighted by atomic mass is 35.5. The van der Waals surface area contributed by atoms with Crippen LogP contribution in [0.25, 0.3) is 0 Å². The van der Waals surface area contributed by atoms with Gasteiger partial charge in [-0.1, -0.05) is 34.5 Å². The smallest absolute Gasteiger partial charge is 0.274 e.